The fourth-order valence-electron chi connectivity index (χ4n) is 3.93. The van der Waals surface area contributed by atoms with Crippen molar-refractivity contribution in [2.75, 3.05) is 0 Å². The molecule has 6 rings (SSSR count). The Morgan fingerprint density at radius 1 is 0.400 bits per heavy atom. The first-order valence-electron chi connectivity index (χ1n) is 13.2. The summed E-state index contributed by atoms with van der Waals surface area (Å²) in [7, 11) is 1.55. The van der Waals surface area contributed by atoms with Crippen molar-refractivity contribution in [2.45, 2.75) is 11.7 Å². The van der Waals surface area contributed by atoms with Crippen molar-refractivity contribution in [3.8, 4) is 0 Å². The SMILES string of the molecule is OC1(O)C=CC(c2ccccc2)C=C1.c1ccc(Pc2ccccc2)cc1.c1ccc(Pc2ccccc2)cc1. The number of hydrogen-bond acceptors (Lipinski definition) is 2. The molecule has 0 spiro atoms. The number of allylic oxidation sites excluding steroid dienone is 2. The van der Waals surface area contributed by atoms with Gasteiger partial charge >= 0.3 is 0 Å². The Bertz CT molecular complexity index is 1270. The topological polar surface area (TPSA) is 40.5 Å². The molecule has 0 amide bonds. The van der Waals surface area contributed by atoms with Crippen molar-refractivity contribution in [2.24, 2.45) is 0 Å². The Morgan fingerprint density at radius 3 is 0.975 bits per heavy atom. The highest BCUT2D eigenvalue weighted by atomic mass is 31.1. The van der Waals surface area contributed by atoms with Crippen LogP contribution >= 0.6 is 17.2 Å². The molecule has 5 aromatic rings. The van der Waals surface area contributed by atoms with Crippen LogP contribution in [0.25, 0.3) is 0 Å². The van der Waals surface area contributed by atoms with Crippen molar-refractivity contribution in [1.29, 1.82) is 0 Å². The predicted octanol–water partition coefficient (Wildman–Crippen LogP) is 6.21. The lowest BCUT2D eigenvalue weighted by Crippen LogP contribution is -2.23. The zero-order chi connectivity index (χ0) is 27.9. The van der Waals surface area contributed by atoms with Gasteiger partial charge in [0.1, 0.15) is 0 Å². The molecule has 1 aliphatic carbocycles. The maximum absolute atomic E-state index is 9.22. The van der Waals surface area contributed by atoms with E-state index in [-0.39, 0.29) is 5.92 Å². The van der Waals surface area contributed by atoms with Gasteiger partial charge in [0.05, 0.1) is 0 Å². The van der Waals surface area contributed by atoms with E-state index in [9.17, 15) is 10.2 Å². The van der Waals surface area contributed by atoms with Crippen molar-refractivity contribution < 1.29 is 10.2 Å². The summed E-state index contributed by atoms with van der Waals surface area (Å²) >= 11 is 0. The van der Waals surface area contributed by atoms with Crippen LogP contribution in [0.15, 0.2) is 176 Å². The van der Waals surface area contributed by atoms with Gasteiger partial charge in [0.15, 0.2) is 0 Å². The highest BCUT2D eigenvalue weighted by Gasteiger charge is 2.19. The molecule has 2 nitrogen and oxygen atoms in total. The Kier molecular flexibility index (Phi) is 11.6. The molecule has 0 fully saturated rings. The molecule has 0 saturated heterocycles. The molecule has 0 atom stereocenters. The molecule has 2 N–H and O–H groups in total. The fourth-order valence-corrected chi connectivity index (χ4v) is 6.03. The summed E-state index contributed by atoms with van der Waals surface area (Å²) in [6.45, 7) is 0. The van der Waals surface area contributed by atoms with Crippen molar-refractivity contribution in [3.05, 3.63) is 182 Å². The summed E-state index contributed by atoms with van der Waals surface area (Å²) in [5.74, 6) is -1.63. The predicted molar refractivity (Wildman–Crippen MR) is 176 cm³/mol. The van der Waals surface area contributed by atoms with Gasteiger partial charge in [-0.1, -0.05) is 181 Å². The van der Waals surface area contributed by atoms with Crippen LogP contribution < -0.4 is 21.2 Å². The summed E-state index contributed by atoms with van der Waals surface area (Å²) in [4.78, 5) is 0. The molecule has 0 bridgehead atoms. The molecule has 0 aromatic heterocycles. The highest BCUT2D eigenvalue weighted by molar-refractivity contribution is 7.55. The molecular weight excluding hydrogens is 526 g/mol. The second-order valence-corrected chi connectivity index (χ2v) is 12.0. The lowest BCUT2D eigenvalue weighted by atomic mass is 9.93. The second kappa shape index (κ2) is 15.8. The van der Waals surface area contributed by atoms with Crippen molar-refractivity contribution in [3.63, 3.8) is 0 Å². The standard InChI is InChI=1S/C12H12O2.2C12H11P/c13-12(14)8-6-11(7-9-12)10-4-2-1-3-5-10;2*1-3-7-11(8-4-1)13-12-9-5-2-6-10-12/h1-9,11,13-14H;2*1-10,13H. The van der Waals surface area contributed by atoms with Gasteiger partial charge in [-0.15, -0.1) is 0 Å². The van der Waals surface area contributed by atoms with Gasteiger partial charge in [0.2, 0.25) is 5.79 Å². The Hall–Kier alpha value is -3.64. The maximum Gasteiger partial charge on any atom is 0.202 e. The third-order valence-corrected chi connectivity index (χ3v) is 8.44. The monoisotopic (exact) mass is 560 g/mol. The molecule has 1 aliphatic rings. The van der Waals surface area contributed by atoms with E-state index in [1.54, 1.807) is 12.2 Å². The van der Waals surface area contributed by atoms with E-state index in [2.05, 4.69) is 121 Å². The maximum atomic E-state index is 9.22. The average molecular weight is 561 g/mol. The van der Waals surface area contributed by atoms with Gasteiger partial charge in [0.25, 0.3) is 0 Å². The van der Waals surface area contributed by atoms with Crippen LogP contribution in [0, 0.1) is 0 Å². The Labute approximate surface area is 241 Å². The van der Waals surface area contributed by atoms with E-state index in [1.165, 1.54) is 33.4 Å². The summed E-state index contributed by atoms with van der Waals surface area (Å²) < 4.78 is 0. The molecule has 0 radical (unpaired) electrons. The largest absolute Gasteiger partial charge is 0.359 e. The molecule has 40 heavy (non-hydrogen) atoms. The zero-order valence-electron chi connectivity index (χ0n) is 22.2. The quantitative estimate of drug-likeness (QED) is 0.153. The molecule has 5 aromatic carbocycles. The number of hydrogen-bond donors (Lipinski definition) is 2. The van der Waals surface area contributed by atoms with Crippen LogP contribution in [0.2, 0.25) is 0 Å². The summed E-state index contributed by atoms with van der Waals surface area (Å²) in [6.07, 6.45) is 6.36. The average Bonchev–Trinajstić information content (AvgIpc) is 3.00. The molecule has 4 heteroatoms. The first-order chi connectivity index (χ1) is 19.6. The summed E-state index contributed by atoms with van der Waals surface area (Å²) in [6, 6.07) is 52.2. The van der Waals surface area contributed by atoms with Crippen LogP contribution in [0.1, 0.15) is 11.5 Å². The third kappa shape index (κ3) is 10.5. The lowest BCUT2D eigenvalue weighted by Gasteiger charge is -2.19. The van der Waals surface area contributed by atoms with Gasteiger partial charge in [-0.25, -0.2) is 0 Å². The van der Waals surface area contributed by atoms with E-state index >= 15 is 0 Å². The van der Waals surface area contributed by atoms with Crippen LogP contribution in [0.3, 0.4) is 0 Å². The van der Waals surface area contributed by atoms with E-state index in [4.69, 9.17) is 0 Å². The lowest BCUT2D eigenvalue weighted by molar-refractivity contribution is -0.0754. The van der Waals surface area contributed by atoms with Crippen LogP contribution in [0.4, 0.5) is 0 Å². The van der Waals surface area contributed by atoms with Gasteiger partial charge < -0.3 is 10.2 Å². The fraction of sp³-hybridized carbons (Fsp3) is 0.0556. The van der Waals surface area contributed by atoms with Gasteiger partial charge in [-0.2, -0.15) is 0 Å². The minimum Gasteiger partial charge on any atom is -0.359 e. The summed E-state index contributed by atoms with van der Waals surface area (Å²) in [5.41, 5.74) is 1.15. The van der Waals surface area contributed by atoms with E-state index < -0.39 is 5.79 Å². The number of aliphatic hydroxyl groups is 2. The Morgan fingerprint density at radius 2 is 0.675 bits per heavy atom. The highest BCUT2D eigenvalue weighted by Crippen LogP contribution is 2.24. The Balaban J connectivity index is 0.000000139. The van der Waals surface area contributed by atoms with E-state index in [0.717, 1.165) is 22.7 Å². The first-order valence-corrected chi connectivity index (χ1v) is 15.2. The van der Waals surface area contributed by atoms with Gasteiger partial charge in [0, 0.05) is 5.92 Å². The molecule has 0 saturated carbocycles. The van der Waals surface area contributed by atoms with E-state index in [0.29, 0.717) is 0 Å². The van der Waals surface area contributed by atoms with E-state index in [1.807, 2.05) is 30.3 Å². The first kappa shape index (κ1) is 29.3. The third-order valence-electron chi connectivity index (χ3n) is 5.95. The molecule has 0 aliphatic heterocycles. The van der Waals surface area contributed by atoms with Crippen LogP contribution in [-0.2, 0) is 0 Å². The van der Waals surface area contributed by atoms with Crippen molar-refractivity contribution >= 4 is 38.4 Å². The molecule has 0 unspecified atom stereocenters. The minimum atomic E-state index is -1.77. The second-order valence-electron chi connectivity index (χ2n) is 9.15. The summed E-state index contributed by atoms with van der Waals surface area (Å²) in [5, 5.41) is 24.0. The molecule has 200 valence electrons. The van der Waals surface area contributed by atoms with Crippen LogP contribution in [-0.4, -0.2) is 16.0 Å². The normalized spacial score (nSPS) is 13.3. The van der Waals surface area contributed by atoms with Crippen molar-refractivity contribution in [1.82, 2.24) is 0 Å². The van der Waals surface area contributed by atoms with Gasteiger partial charge in [-0.3, -0.25) is 0 Å². The smallest absolute Gasteiger partial charge is 0.202 e. The molecular formula is C36H34O2P2. The minimum absolute atomic E-state index is 0.142. The zero-order valence-corrected chi connectivity index (χ0v) is 24.2. The van der Waals surface area contributed by atoms with Gasteiger partial charge in [-0.05, 0) is 38.9 Å². The number of benzene rings is 5. The number of rotatable bonds is 5. The molecule has 0 heterocycles. The van der Waals surface area contributed by atoms with Crippen LogP contribution in [0.5, 0.6) is 0 Å².